The van der Waals surface area contributed by atoms with Gasteiger partial charge >= 0.3 is 0 Å². The third-order valence-electron chi connectivity index (χ3n) is 3.14. The summed E-state index contributed by atoms with van der Waals surface area (Å²) in [5.74, 6) is 0. The lowest BCUT2D eigenvalue weighted by Gasteiger charge is -2.30. The van der Waals surface area contributed by atoms with Crippen molar-refractivity contribution in [2.75, 3.05) is 13.1 Å². The third-order valence-corrected chi connectivity index (χ3v) is 3.88. The minimum Gasteiger partial charge on any atom is -0.284 e. The fourth-order valence-corrected chi connectivity index (χ4v) is 2.53. The lowest BCUT2D eigenvalue weighted by molar-refractivity contribution is 0.196. The van der Waals surface area contributed by atoms with E-state index in [2.05, 4.69) is 11.0 Å². The van der Waals surface area contributed by atoms with Crippen LogP contribution in [0.2, 0.25) is 10.0 Å². The number of rotatable bonds is 2. The maximum absolute atomic E-state index is 9.32. The van der Waals surface area contributed by atoms with Crippen molar-refractivity contribution in [1.82, 2.24) is 4.90 Å². The van der Waals surface area contributed by atoms with Crippen molar-refractivity contribution < 1.29 is 0 Å². The molecule has 0 bridgehead atoms. The molecule has 1 aliphatic rings. The van der Waals surface area contributed by atoms with Crippen LogP contribution in [0, 0.1) is 11.3 Å². The summed E-state index contributed by atoms with van der Waals surface area (Å²) in [5, 5.41) is 10.4. The molecule has 0 unspecified atom stereocenters. The molecule has 0 saturated carbocycles. The lowest BCUT2D eigenvalue weighted by Crippen LogP contribution is -2.33. The molecule has 2 nitrogen and oxygen atoms in total. The smallest absolute Gasteiger partial charge is 0.123 e. The minimum atomic E-state index is -0.204. The fourth-order valence-electron chi connectivity index (χ4n) is 2.23. The molecule has 1 atom stereocenters. The van der Waals surface area contributed by atoms with Crippen LogP contribution in [0.15, 0.2) is 18.2 Å². The van der Waals surface area contributed by atoms with E-state index in [0.29, 0.717) is 10.0 Å². The van der Waals surface area contributed by atoms with Crippen molar-refractivity contribution in [2.24, 2.45) is 0 Å². The molecular weight excluding hydrogens is 255 g/mol. The molecule has 1 aromatic rings. The van der Waals surface area contributed by atoms with Crippen molar-refractivity contribution in [3.05, 3.63) is 33.8 Å². The van der Waals surface area contributed by atoms with Crippen LogP contribution < -0.4 is 0 Å². The molecule has 2 rings (SSSR count). The van der Waals surface area contributed by atoms with Gasteiger partial charge in [0.05, 0.1) is 16.1 Å². The summed E-state index contributed by atoms with van der Waals surface area (Å²) in [5.41, 5.74) is 0.934. The first-order chi connectivity index (χ1) is 8.22. The van der Waals surface area contributed by atoms with Crippen LogP contribution in [-0.2, 0) is 0 Å². The molecule has 0 spiro atoms. The molecule has 0 aromatic heterocycles. The fraction of sp³-hybridized carbons (Fsp3) is 0.462. The van der Waals surface area contributed by atoms with Gasteiger partial charge in [0.15, 0.2) is 0 Å². The Morgan fingerprint density at radius 2 is 1.82 bits per heavy atom. The molecule has 1 saturated heterocycles. The molecule has 1 aromatic carbocycles. The molecule has 1 heterocycles. The topological polar surface area (TPSA) is 27.0 Å². The third kappa shape index (κ3) is 2.93. The molecular formula is C13H14Cl2N2. The van der Waals surface area contributed by atoms with Gasteiger partial charge in [0.2, 0.25) is 0 Å². The number of halogens is 2. The summed E-state index contributed by atoms with van der Waals surface area (Å²) in [6, 6.07) is 7.60. The molecule has 0 radical (unpaired) electrons. The second kappa shape index (κ2) is 5.73. The highest BCUT2D eigenvalue weighted by molar-refractivity contribution is 6.42. The van der Waals surface area contributed by atoms with Crippen LogP contribution >= 0.6 is 23.2 Å². The van der Waals surface area contributed by atoms with Crippen LogP contribution in [0.5, 0.6) is 0 Å². The first-order valence-corrected chi connectivity index (χ1v) is 6.56. The number of hydrogen-bond donors (Lipinski definition) is 0. The zero-order chi connectivity index (χ0) is 12.3. The molecule has 1 aliphatic heterocycles. The van der Waals surface area contributed by atoms with Crippen LogP contribution in [-0.4, -0.2) is 18.0 Å². The monoisotopic (exact) mass is 268 g/mol. The van der Waals surface area contributed by atoms with Gasteiger partial charge in [0, 0.05) is 0 Å². The maximum Gasteiger partial charge on any atom is 0.123 e. The first-order valence-electron chi connectivity index (χ1n) is 5.81. The molecule has 17 heavy (non-hydrogen) atoms. The van der Waals surface area contributed by atoms with Crippen molar-refractivity contribution >= 4 is 23.2 Å². The van der Waals surface area contributed by atoms with E-state index in [0.717, 1.165) is 18.7 Å². The normalized spacial score (nSPS) is 18.6. The summed E-state index contributed by atoms with van der Waals surface area (Å²) >= 11 is 11.9. The Morgan fingerprint density at radius 1 is 1.12 bits per heavy atom. The quantitative estimate of drug-likeness (QED) is 0.810. The van der Waals surface area contributed by atoms with Crippen molar-refractivity contribution in [2.45, 2.75) is 25.3 Å². The van der Waals surface area contributed by atoms with Gasteiger partial charge in [-0.1, -0.05) is 35.7 Å². The maximum atomic E-state index is 9.32. The van der Waals surface area contributed by atoms with Crippen LogP contribution in [0.4, 0.5) is 0 Å². The van der Waals surface area contributed by atoms with Gasteiger partial charge in [-0.05, 0) is 43.6 Å². The number of benzene rings is 1. The minimum absolute atomic E-state index is 0.204. The van der Waals surface area contributed by atoms with Gasteiger partial charge in [0.25, 0.3) is 0 Å². The molecule has 0 aliphatic carbocycles. The molecule has 90 valence electrons. The van der Waals surface area contributed by atoms with E-state index in [-0.39, 0.29) is 6.04 Å². The van der Waals surface area contributed by atoms with Crippen molar-refractivity contribution in [3.8, 4) is 6.07 Å². The van der Waals surface area contributed by atoms with Gasteiger partial charge in [-0.2, -0.15) is 5.26 Å². The standard InChI is InChI=1S/C13H14Cl2N2/c14-11-5-4-10(8-12(11)15)13(9-16)17-6-2-1-3-7-17/h4-5,8,13H,1-3,6-7H2/t13-/m1/s1. The zero-order valence-electron chi connectivity index (χ0n) is 9.50. The number of hydrogen-bond acceptors (Lipinski definition) is 2. The van der Waals surface area contributed by atoms with E-state index in [9.17, 15) is 5.26 Å². The Hall–Kier alpha value is -0.750. The lowest BCUT2D eigenvalue weighted by atomic mass is 10.0. The predicted octanol–water partition coefficient (Wildman–Crippen LogP) is 4.04. The largest absolute Gasteiger partial charge is 0.284 e. The Kier molecular flexibility index (Phi) is 4.28. The first kappa shape index (κ1) is 12.7. The van der Waals surface area contributed by atoms with E-state index < -0.39 is 0 Å². The van der Waals surface area contributed by atoms with Gasteiger partial charge in [-0.15, -0.1) is 0 Å². The molecule has 0 N–H and O–H groups in total. The van der Waals surface area contributed by atoms with Crippen LogP contribution in [0.25, 0.3) is 0 Å². The van der Waals surface area contributed by atoms with Gasteiger partial charge in [-0.25, -0.2) is 0 Å². The predicted molar refractivity (Wildman–Crippen MR) is 70.2 cm³/mol. The molecule has 1 fully saturated rings. The Bertz CT molecular complexity index is 434. The Balaban J connectivity index is 2.22. The Morgan fingerprint density at radius 3 is 2.41 bits per heavy atom. The highest BCUT2D eigenvalue weighted by Gasteiger charge is 2.22. The van der Waals surface area contributed by atoms with Crippen LogP contribution in [0.3, 0.4) is 0 Å². The number of nitrogens with zero attached hydrogens (tertiary/aromatic N) is 2. The van der Waals surface area contributed by atoms with Crippen molar-refractivity contribution in [3.63, 3.8) is 0 Å². The van der Waals surface area contributed by atoms with E-state index in [4.69, 9.17) is 23.2 Å². The zero-order valence-corrected chi connectivity index (χ0v) is 11.0. The van der Waals surface area contributed by atoms with Gasteiger partial charge < -0.3 is 0 Å². The average molecular weight is 269 g/mol. The highest BCUT2D eigenvalue weighted by Crippen LogP contribution is 2.29. The molecule has 4 heteroatoms. The average Bonchev–Trinajstić information content (AvgIpc) is 2.36. The van der Waals surface area contributed by atoms with E-state index >= 15 is 0 Å². The number of likely N-dealkylation sites (tertiary alicyclic amines) is 1. The second-order valence-electron chi connectivity index (χ2n) is 4.30. The summed E-state index contributed by atoms with van der Waals surface area (Å²) in [6.07, 6.45) is 3.59. The number of nitriles is 1. The van der Waals surface area contributed by atoms with E-state index in [1.165, 1.54) is 19.3 Å². The SMILES string of the molecule is N#C[C@H](c1ccc(Cl)c(Cl)c1)N1CCCCC1. The summed E-state index contributed by atoms with van der Waals surface area (Å²) in [6.45, 7) is 1.97. The summed E-state index contributed by atoms with van der Waals surface area (Å²) in [4.78, 5) is 2.21. The highest BCUT2D eigenvalue weighted by atomic mass is 35.5. The second-order valence-corrected chi connectivity index (χ2v) is 5.12. The molecule has 0 amide bonds. The van der Waals surface area contributed by atoms with Gasteiger partial charge in [0.1, 0.15) is 6.04 Å². The summed E-state index contributed by atoms with van der Waals surface area (Å²) in [7, 11) is 0. The van der Waals surface area contributed by atoms with Crippen molar-refractivity contribution in [1.29, 1.82) is 5.26 Å². The summed E-state index contributed by atoms with van der Waals surface area (Å²) < 4.78 is 0. The Labute approximate surface area is 112 Å². The van der Waals surface area contributed by atoms with Gasteiger partial charge in [-0.3, -0.25) is 4.90 Å². The van der Waals surface area contributed by atoms with Crippen LogP contribution in [0.1, 0.15) is 30.9 Å². The van der Waals surface area contributed by atoms with E-state index in [1.807, 2.05) is 6.07 Å². The van der Waals surface area contributed by atoms with E-state index in [1.54, 1.807) is 12.1 Å². The number of piperidine rings is 1.